The Morgan fingerprint density at radius 2 is 1.75 bits per heavy atom. The third-order valence-electron chi connectivity index (χ3n) is 3.04. The minimum absolute atomic E-state index is 0.00703. The minimum atomic E-state index is -0.319. The first-order chi connectivity index (χ1) is 9.47. The normalized spacial score (nSPS) is 10.2. The van der Waals surface area contributed by atoms with Crippen LogP contribution in [-0.2, 0) is 0 Å². The number of hydrogen-bond acceptors (Lipinski definition) is 3. The molecule has 4 nitrogen and oxygen atoms in total. The number of amides is 1. The van der Waals surface area contributed by atoms with Crippen LogP contribution in [0.2, 0.25) is 0 Å². The summed E-state index contributed by atoms with van der Waals surface area (Å²) in [5.41, 5.74) is 2.93. The van der Waals surface area contributed by atoms with Crippen LogP contribution in [0, 0.1) is 6.92 Å². The topological polar surface area (TPSA) is 52.6 Å². The van der Waals surface area contributed by atoms with Gasteiger partial charge in [0, 0.05) is 25.5 Å². The van der Waals surface area contributed by atoms with Crippen molar-refractivity contribution < 1.29 is 9.90 Å². The van der Waals surface area contributed by atoms with Crippen LogP contribution >= 0.6 is 0 Å². The molecule has 0 saturated heterocycles. The van der Waals surface area contributed by atoms with E-state index in [2.05, 4.69) is 5.32 Å². The van der Waals surface area contributed by atoms with Gasteiger partial charge in [-0.2, -0.15) is 0 Å². The van der Waals surface area contributed by atoms with Gasteiger partial charge in [-0.25, -0.2) is 0 Å². The van der Waals surface area contributed by atoms with E-state index < -0.39 is 0 Å². The second kappa shape index (κ2) is 5.65. The van der Waals surface area contributed by atoms with Crippen molar-refractivity contribution in [3.8, 4) is 5.75 Å². The van der Waals surface area contributed by atoms with E-state index in [1.54, 1.807) is 18.2 Å². The Kier molecular flexibility index (Phi) is 3.94. The third kappa shape index (κ3) is 3.09. The molecular weight excluding hydrogens is 252 g/mol. The van der Waals surface area contributed by atoms with Crippen molar-refractivity contribution in [1.29, 1.82) is 0 Å². The molecule has 2 aromatic carbocycles. The zero-order valence-electron chi connectivity index (χ0n) is 11.8. The molecule has 0 radical (unpaired) electrons. The maximum atomic E-state index is 12.1. The van der Waals surface area contributed by atoms with Gasteiger partial charge in [-0.3, -0.25) is 4.79 Å². The number of nitrogens with zero attached hydrogens (tertiary/aromatic N) is 1. The van der Waals surface area contributed by atoms with E-state index in [1.807, 2.05) is 50.2 Å². The molecule has 0 fully saturated rings. The second-order valence-electron chi connectivity index (χ2n) is 4.92. The van der Waals surface area contributed by atoms with E-state index in [1.165, 1.54) is 0 Å². The average molecular weight is 270 g/mol. The van der Waals surface area contributed by atoms with Gasteiger partial charge >= 0.3 is 0 Å². The van der Waals surface area contributed by atoms with Crippen LogP contribution in [0.4, 0.5) is 11.4 Å². The van der Waals surface area contributed by atoms with Crippen molar-refractivity contribution in [3.63, 3.8) is 0 Å². The molecule has 0 aliphatic carbocycles. The number of benzene rings is 2. The summed E-state index contributed by atoms with van der Waals surface area (Å²) in [5, 5.41) is 12.6. The number of rotatable bonds is 3. The fraction of sp³-hybridized carbons (Fsp3) is 0.188. The van der Waals surface area contributed by atoms with E-state index >= 15 is 0 Å². The molecule has 20 heavy (non-hydrogen) atoms. The van der Waals surface area contributed by atoms with Crippen molar-refractivity contribution in [3.05, 3.63) is 53.6 Å². The number of phenolic OH excluding ortho intramolecular Hbond substituents is 1. The van der Waals surface area contributed by atoms with Gasteiger partial charge in [-0.15, -0.1) is 0 Å². The number of phenols is 1. The molecule has 0 unspecified atom stereocenters. The number of carbonyl (C=O) groups is 1. The lowest BCUT2D eigenvalue weighted by Gasteiger charge is -2.13. The lowest BCUT2D eigenvalue weighted by atomic mass is 10.1. The summed E-state index contributed by atoms with van der Waals surface area (Å²) in [6, 6.07) is 12.5. The standard InChI is InChI=1S/C16H18N2O2/c1-11-4-9-14(15(19)10-11)16(20)17-12-5-7-13(8-6-12)18(2)3/h4-10,19H,1-3H3,(H,17,20). The molecule has 0 aromatic heterocycles. The highest BCUT2D eigenvalue weighted by Crippen LogP contribution is 2.21. The van der Waals surface area contributed by atoms with Gasteiger partial charge < -0.3 is 15.3 Å². The molecular formula is C16H18N2O2. The Balaban J connectivity index is 2.15. The SMILES string of the molecule is Cc1ccc(C(=O)Nc2ccc(N(C)C)cc2)c(O)c1. The predicted molar refractivity (Wildman–Crippen MR) is 81.6 cm³/mol. The molecule has 1 amide bonds. The van der Waals surface area contributed by atoms with Crippen LogP contribution in [0.3, 0.4) is 0 Å². The highest BCUT2D eigenvalue weighted by atomic mass is 16.3. The Hall–Kier alpha value is -2.49. The molecule has 0 saturated carbocycles. The molecule has 0 atom stereocenters. The molecule has 0 aliphatic rings. The van der Waals surface area contributed by atoms with Crippen molar-refractivity contribution in [2.24, 2.45) is 0 Å². The molecule has 2 rings (SSSR count). The lowest BCUT2D eigenvalue weighted by molar-refractivity contribution is 0.102. The van der Waals surface area contributed by atoms with Gasteiger partial charge in [0.2, 0.25) is 0 Å². The summed E-state index contributed by atoms with van der Waals surface area (Å²) in [7, 11) is 3.91. The fourth-order valence-corrected chi connectivity index (χ4v) is 1.88. The van der Waals surface area contributed by atoms with Crippen LogP contribution < -0.4 is 10.2 Å². The first kappa shape index (κ1) is 13.9. The summed E-state index contributed by atoms with van der Waals surface area (Å²) in [6.07, 6.45) is 0. The van der Waals surface area contributed by atoms with E-state index in [0.717, 1.165) is 11.3 Å². The average Bonchev–Trinajstić information content (AvgIpc) is 2.39. The van der Waals surface area contributed by atoms with Gasteiger partial charge in [0.15, 0.2) is 0 Å². The molecule has 104 valence electrons. The molecule has 0 spiro atoms. The van der Waals surface area contributed by atoms with Gasteiger partial charge in [0.05, 0.1) is 5.56 Å². The van der Waals surface area contributed by atoms with Crippen molar-refractivity contribution in [1.82, 2.24) is 0 Å². The summed E-state index contributed by atoms with van der Waals surface area (Å²) < 4.78 is 0. The van der Waals surface area contributed by atoms with Crippen LogP contribution in [0.1, 0.15) is 15.9 Å². The highest BCUT2D eigenvalue weighted by Gasteiger charge is 2.11. The van der Waals surface area contributed by atoms with E-state index in [0.29, 0.717) is 5.69 Å². The Bertz CT molecular complexity index is 619. The summed E-state index contributed by atoms with van der Waals surface area (Å²) in [6.45, 7) is 1.86. The van der Waals surface area contributed by atoms with Crippen LogP contribution in [-0.4, -0.2) is 25.1 Å². The summed E-state index contributed by atoms with van der Waals surface area (Å²) in [5.74, 6) is -0.326. The Morgan fingerprint density at radius 1 is 1.10 bits per heavy atom. The number of nitrogens with one attached hydrogen (secondary N) is 1. The van der Waals surface area contributed by atoms with E-state index in [4.69, 9.17) is 0 Å². The molecule has 0 bridgehead atoms. The second-order valence-corrected chi connectivity index (χ2v) is 4.92. The maximum Gasteiger partial charge on any atom is 0.259 e. The zero-order valence-corrected chi connectivity index (χ0v) is 11.8. The summed E-state index contributed by atoms with van der Waals surface area (Å²) in [4.78, 5) is 14.1. The molecule has 4 heteroatoms. The van der Waals surface area contributed by atoms with E-state index in [-0.39, 0.29) is 17.2 Å². The zero-order chi connectivity index (χ0) is 14.7. The molecule has 2 aromatic rings. The van der Waals surface area contributed by atoms with E-state index in [9.17, 15) is 9.90 Å². The number of hydrogen-bond donors (Lipinski definition) is 2. The molecule has 0 heterocycles. The molecule has 2 N–H and O–H groups in total. The number of carbonyl (C=O) groups excluding carboxylic acids is 1. The number of anilines is 2. The quantitative estimate of drug-likeness (QED) is 0.901. The maximum absolute atomic E-state index is 12.1. The van der Waals surface area contributed by atoms with Crippen LogP contribution in [0.5, 0.6) is 5.75 Å². The van der Waals surface area contributed by atoms with Gasteiger partial charge in [-0.1, -0.05) is 6.07 Å². The number of aromatic hydroxyl groups is 1. The Labute approximate surface area is 118 Å². The monoisotopic (exact) mass is 270 g/mol. The smallest absolute Gasteiger partial charge is 0.259 e. The van der Waals surface area contributed by atoms with Crippen molar-refractivity contribution in [2.45, 2.75) is 6.92 Å². The largest absolute Gasteiger partial charge is 0.507 e. The van der Waals surface area contributed by atoms with Gasteiger partial charge in [0.25, 0.3) is 5.91 Å². The predicted octanol–water partition coefficient (Wildman–Crippen LogP) is 3.02. The minimum Gasteiger partial charge on any atom is -0.507 e. The lowest BCUT2D eigenvalue weighted by Crippen LogP contribution is -2.13. The Morgan fingerprint density at radius 3 is 2.30 bits per heavy atom. The van der Waals surface area contributed by atoms with Gasteiger partial charge in [0.1, 0.15) is 5.75 Å². The summed E-state index contributed by atoms with van der Waals surface area (Å²) >= 11 is 0. The third-order valence-corrected chi connectivity index (χ3v) is 3.04. The number of aryl methyl sites for hydroxylation is 1. The molecule has 0 aliphatic heterocycles. The van der Waals surface area contributed by atoms with Crippen molar-refractivity contribution in [2.75, 3.05) is 24.3 Å². The first-order valence-electron chi connectivity index (χ1n) is 6.36. The fourth-order valence-electron chi connectivity index (χ4n) is 1.88. The highest BCUT2D eigenvalue weighted by molar-refractivity contribution is 6.06. The van der Waals surface area contributed by atoms with Gasteiger partial charge in [-0.05, 0) is 48.9 Å². The van der Waals surface area contributed by atoms with Crippen LogP contribution in [0.25, 0.3) is 0 Å². The van der Waals surface area contributed by atoms with Crippen molar-refractivity contribution >= 4 is 17.3 Å². The van der Waals surface area contributed by atoms with Crippen LogP contribution in [0.15, 0.2) is 42.5 Å². The first-order valence-corrected chi connectivity index (χ1v) is 6.36.